The van der Waals surface area contributed by atoms with Crippen LogP contribution >= 0.6 is 0 Å². The molecular formula is C19H22F3N5O3. The second-order valence-corrected chi connectivity index (χ2v) is 6.54. The van der Waals surface area contributed by atoms with Crippen LogP contribution in [0.2, 0.25) is 0 Å². The molecule has 162 valence electrons. The summed E-state index contributed by atoms with van der Waals surface area (Å²) in [4.78, 5) is 23.0. The summed E-state index contributed by atoms with van der Waals surface area (Å²) < 4.78 is 51.0. The van der Waals surface area contributed by atoms with Crippen LogP contribution in [0.3, 0.4) is 0 Å². The maximum Gasteiger partial charge on any atom is 0.254 e. The van der Waals surface area contributed by atoms with Crippen LogP contribution in [0.5, 0.6) is 5.75 Å². The first-order valence-electron chi connectivity index (χ1n) is 9.32. The van der Waals surface area contributed by atoms with Gasteiger partial charge in [0.2, 0.25) is 11.8 Å². The Labute approximate surface area is 171 Å². The molecule has 1 aliphatic heterocycles. The zero-order chi connectivity index (χ0) is 21.7. The molecule has 2 N–H and O–H groups in total. The molecule has 1 aromatic carbocycles. The normalized spacial score (nSPS) is 13.8. The Balaban J connectivity index is 1.58. The van der Waals surface area contributed by atoms with Crippen molar-refractivity contribution in [1.82, 2.24) is 15.3 Å². The summed E-state index contributed by atoms with van der Waals surface area (Å²) >= 11 is 0. The van der Waals surface area contributed by atoms with Crippen LogP contribution < -0.4 is 20.3 Å². The minimum absolute atomic E-state index is 0.0732. The van der Waals surface area contributed by atoms with Crippen molar-refractivity contribution in [3.63, 3.8) is 0 Å². The van der Waals surface area contributed by atoms with Crippen LogP contribution in [-0.4, -0.2) is 62.4 Å². The summed E-state index contributed by atoms with van der Waals surface area (Å²) in [5, 5.41) is 5.41. The molecule has 3 rings (SSSR count). The number of aryl methyl sites for hydroxylation is 1. The number of hydrogen-bond acceptors (Lipinski definition) is 7. The van der Waals surface area contributed by atoms with Gasteiger partial charge in [-0.3, -0.25) is 4.79 Å². The van der Waals surface area contributed by atoms with Crippen LogP contribution in [0.1, 0.15) is 16.1 Å². The van der Waals surface area contributed by atoms with Crippen molar-refractivity contribution < 1.29 is 27.4 Å². The summed E-state index contributed by atoms with van der Waals surface area (Å²) in [6.07, 6.45) is 0. The maximum atomic E-state index is 14.2. The van der Waals surface area contributed by atoms with Crippen molar-refractivity contribution in [1.29, 1.82) is 0 Å². The highest BCUT2D eigenvalue weighted by Crippen LogP contribution is 2.26. The largest absolute Gasteiger partial charge is 0.491 e. The van der Waals surface area contributed by atoms with E-state index in [1.165, 1.54) is 0 Å². The number of nitrogens with one attached hydrogen (secondary N) is 2. The SMILES string of the molecule is COc1c(F)c(F)cc(C(=O)NCCNc2nc(C)cc(N3CCOCC3)n2)c1F. The van der Waals surface area contributed by atoms with E-state index in [4.69, 9.17) is 4.74 Å². The van der Waals surface area contributed by atoms with Crippen LogP contribution in [0.4, 0.5) is 24.9 Å². The highest BCUT2D eigenvalue weighted by Gasteiger charge is 2.23. The summed E-state index contributed by atoms with van der Waals surface area (Å²) in [7, 11) is 0.986. The van der Waals surface area contributed by atoms with Crippen LogP contribution in [0.25, 0.3) is 0 Å². The molecule has 0 bridgehead atoms. The van der Waals surface area contributed by atoms with Crippen LogP contribution in [0, 0.1) is 24.4 Å². The summed E-state index contributed by atoms with van der Waals surface area (Å²) in [6.45, 7) is 4.87. The Bertz CT molecular complexity index is 923. The fourth-order valence-corrected chi connectivity index (χ4v) is 2.96. The molecule has 11 heteroatoms. The molecule has 0 spiro atoms. The lowest BCUT2D eigenvalue weighted by atomic mass is 10.1. The minimum atomic E-state index is -1.49. The van der Waals surface area contributed by atoms with Crippen molar-refractivity contribution >= 4 is 17.7 Å². The molecule has 0 aliphatic carbocycles. The van der Waals surface area contributed by atoms with Gasteiger partial charge in [-0.2, -0.15) is 9.37 Å². The first-order chi connectivity index (χ1) is 14.4. The molecule has 1 saturated heterocycles. The molecular weight excluding hydrogens is 403 g/mol. The molecule has 0 saturated carbocycles. The van der Waals surface area contributed by atoms with Gasteiger partial charge in [-0.1, -0.05) is 0 Å². The number of ether oxygens (including phenoxy) is 2. The third-order valence-electron chi connectivity index (χ3n) is 4.43. The fourth-order valence-electron chi connectivity index (χ4n) is 2.96. The first kappa shape index (κ1) is 21.6. The third-order valence-corrected chi connectivity index (χ3v) is 4.43. The van der Waals surface area contributed by atoms with Gasteiger partial charge < -0.3 is 25.0 Å². The highest BCUT2D eigenvalue weighted by atomic mass is 19.2. The van der Waals surface area contributed by atoms with Crippen LogP contribution in [-0.2, 0) is 4.74 Å². The van der Waals surface area contributed by atoms with Crippen molar-refractivity contribution in [3.8, 4) is 5.75 Å². The Morgan fingerprint density at radius 2 is 1.90 bits per heavy atom. The molecule has 1 aromatic heterocycles. The van der Waals surface area contributed by atoms with Gasteiger partial charge in [-0.05, 0) is 13.0 Å². The second kappa shape index (κ2) is 9.61. The van der Waals surface area contributed by atoms with Gasteiger partial charge >= 0.3 is 0 Å². The lowest BCUT2D eigenvalue weighted by Gasteiger charge is -2.28. The van der Waals surface area contributed by atoms with E-state index >= 15 is 0 Å². The van der Waals surface area contributed by atoms with Gasteiger partial charge in [0.1, 0.15) is 5.82 Å². The van der Waals surface area contributed by atoms with Gasteiger partial charge in [0, 0.05) is 37.9 Å². The predicted molar refractivity (Wildman–Crippen MR) is 103 cm³/mol. The topological polar surface area (TPSA) is 88.6 Å². The van der Waals surface area contributed by atoms with E-state index in [1.807, 2.05) is 13.0 Å². The standard InChI is InChI=1S/C19H22F3N5O3/c1-11-9-14(27-5-7-30-8-6-27)26-19(25-11)24-4-3-23-18(28)12-10-13(20)16(22)17(29-2)15(12)21/h9-10H,3-8H2,1-2H3,(H,23,28)(H,24,25,26). The van der Waals surface area contributed by atoms with Crippen molar-refractivity contribution in [2.45, 2.75) is 6.92 Å². The van der Waals surface area contributed by atoms with Crippen molar-refractivity contribution in [2.75, 3.05) is 56.7 Å². The Morgan fingerprint density at radius 1 is 1.17 bits per heavy atom. The Hall–Kier alpha value is -3.08. The minimum Gasteiger partial charge on any atom is -0.491 e. The quantitative estimate of drug-likeness (QED) is 0.517. The monoisotopic (exact) mass is 425 g/mol. The number of carbonyl (C=O) groups excluding carboxylic acids is 1. The number of aromatic nitrogens is 2. The summed E-state index contributed by atoms with van der Waals surface area (Å²) in [5.74, 6) is -4.81. The molecule has 2 aromatic rings. The number of amides is 1. The van der Waals surface area contributed by atoms with Gasteiger partial charge in [0.25, 0.3) is 5.91 Å². The third kappa shape index (κ3) is 4.90. The van der Waals surface area contributed by atoms with E-state index in [0.29, 0.717) is 25.2 Å². The number of anilines is 2. The fraction of sp³-hybridized carbons (Fsp3) is 0.421. The lowest BCUT2D eigenvalue weighted by Crippen LogP contribution is -2.37. The van der Waals surface area contributed by atoms with E-state index in [2.05, 4.69) is 30.2 Å². The Kier molecular flexibility index (Phi) is 6.93. The van der Waals surface area contributed by atoms with Gasteiger partial charge in [-0.15, -0.1) is 0 Å². The number of rotatable bonds is 7. The zero-order valence-electron chi connectivity index (χ0n) is 16.6. The number of carbonyl (C=O) groups is 1. The average molecular weight is 425 g/mol. The number of morpholine rings is 1. The van der Waals surface area contributed by atoms with E-state index < -0.39 is 34.7 Å². The predicted octanol–water partition coefficient (Wildman–Crippen LogP) is 1.89. The molecule has 0 radical (unpaired) electrons. The lowest BCUT2D eigenvalue weighted by molar-refractivity contribution is 0.0949. The van der Waals surface area contributed by atoms with E-state index in [-0.39, 0.29) is 13.1 Å². The molecule has 1 aliphatic rings. The maximum absolute atomic E-state index is 14.2. The van der Waals surface area contributed by atoms with Gasteiger partial charge in [0.05, 0.1) is 25.9 Å². The van der Waals surface area contributed by atoms with Crippen molar-refractivity contribution in [3.05, 3.63) is 40.8 Å². The van der Waals surface area contributed by atoms with E-state index in [0.717, 1.165) is 31.7 Å². The molecule has 0 unspecified atom stereocenters. The van der Waals surface area contributed by atoms with E-state index in [1.54, 1.807) is 0 Å². The number of methoxy groups -OCH3 is 1. The molecule has 30 heavy (non-hydrogen) atoms. The summed E-state index contributed by atoms with van der Waals surface area (Å²) in [5.41, 5.74) is 0.126. The van der Waals surface area contributed by atoms with Gasteiger partial charge in [-0.25, -0.2) is 13.8 Å². The smallest absolute Gasteiger partial charge is 0.254 e. The number of benzene rings is 1. The van der Waals surface area contributed by atoms with Crippen LogP contribution in [0.15, 0.2) is 12.1 Å². The Morgan fingerprint density at radius 3 is 2.60 bits per heavy atom. The molecule has 2 heterocycles. The zero-order valence-corrected chi connectivity index (χ0v) is 16.6. The first-order valence-corrected chi connectivity index (χ1v) is 9.32. The average Bonchev–Trinajstić information content (AvgIpc) is 2.74. The second-order valence-electron chi connectivity index (χ2n) is 6.54. The molecule has 8 nitrogen and oxygen atoms in total. The number of nitrogens with zero attached hydrogens (tertiary/aromatic N) is 3. The number of halogens is 3. The molecule has 1 fully saturated rings. The molecule has 0 atom stereocenters. The molecule has 1 amide bonds. The number of hydrogen-bond donors (Lipinski definition) is 2. The van der Waals surface area contributed by atoms with Crippen molar-refractivity contribution in [2.24, 2.45) is 0 Å². The van der Waals surface area contributed by atoms with E-state index in [9.17, 15) is 18.0 Å². The van der Waals surface area contributed by atoms with Gasteiger partial charge in [0.15, 0.2) is 17.4 Å². The summed E-state index contributed by atoms with van der Waals surface area (Å²) in [6, 6.07) is 2.37. The highest BCUT2D eigenvalue weighted by molar-refractivity contribution is 5.95.